The van der Waals surface area contributed by atoms with Gasteiger partial charge in [-0.1, -0.05) is 24.3 Å². The van der Waals surface area contributed by atoms with Crippen LogP contribution >= 0.6 is 0 Å². The monoisotopic (exact) mass is 350 g/mol. The molecule has 26 heavy (non-hydrogen) atoms. The topological polar surface area (TPSA) is 59.3 Å². The Kier molecular flexibility index (Phi) is 4.67. The summed E-state index contributed by atoms with van der Waals surface area (Å²) >= 11 is 0. The second kappa shape index (κ2) is 6.92. The van der Waals surface area contributed by atoms with Crippen molar-refractivity contribution in [2.24, 2.45) is 7.05 Å². The van der Waals surface area contributed by atoms with E-state index in [-0.39, 0.29) is 17.2 Å². The Hall–Kier alpha value is -3.28. The molecule has 1 aromatic heterocycles. The molecule has 0 unspecified atom stereocenters. The maximum Gasteiger partial charge on any atom is 0.295 e. The average Bonchev–Trinajstić information content (AvgIpc) is 2.86. The van der Waals surface area contributed by atoms with E-state index >= 15 is 0 Å². The summed E-state index contributed by atoms with van der Waals surface area (Å²) in [5.41, 5.74) is 2.90. The van der Waals surface area contributed by atoms with Crippen LogP contribution in [0, 0.1) is 6.92 Å². The summed E-state index contributed by atoms with van der Waals surface area (Å²) in [6.45, 7) is 1.81. The molecule has 6 heteroatoms. The molecule has 3 rings (SSSR count). The van der Waals surface area contributed by atoms with Gasteiger partial charge >= 0.3 is 0 Å². The highest BCUT2D eigenvalue weighted by molar-refractivity contribution is 6.05. The molecule has 0 radical (unpaired) electrons. The van der Waals surface area contributed by atoms with Crippen LogP contribution in [-0.4, -0.2) is 29.4 Å². The number of amides is 1. The van der Waals surface area contributed by atoms with Crippen molar-refractivity contribution in [3.8, 4) is 5.69 Å². The molecule has 0 atom stereocenters. The smallest absolute Gasteiger partial charge is 0.295 e. The molecule has 0 saturated heterocycles. The van der Waals surface area contributed by atoms with E-state index < -0.39 is 0 Å². The number of aromatic nitrogens is 2. The van der Waals surface area contributed by atoms with Crippen LogP contribution in [0.3, 0.4) is 0 Å². The van der Waals surface area contributed by atoms with Gasteiger partial charge in [0.1, 0.15) is 5.69 Å². The van der Waals surface area contributed by atoms with Gasteiger partial charge in [-0.25, -0.2) is 4.68 Å². The molecule has 0 aliphatic rings. The van der Waals surface area contributed by atoms with E-state index in [0.717, 1.165) is 11.4 Å². The highest BCUT2D eigenvalue weighted by Crippen LogP contribution is 2.17. The van der Waals surface area contributed by atoms with E-state index in [1.807, 2.05) is 68.4 Å². The summed E-state index contributed by atoms with van der Waals surface area (Å²) in [5.74, 6) is -0.306. The van der Waals surface area contributed by atoms with Gasteiger partial charge < -0.3 is 10.2 Å². The molecule has 0 aliphatic carbocycles. The molecule has 0 aliphatic heterocycles. The van der Waals surface area contributed by atoms with Crippen molar-refractivity contribution < 1.29 is 4.79 Å². The fraction of sp³-hybridized carbons (Fsp3) is 0.200. The van der Waals surface area contributed by atoms with Crippen molar-refractivity contribution in [1.82, 2.24) is 9.36 Å². The van der Waals surface area contributed by atoms with Gasteiger partial charge in [-0.3, -0.25) is 14.3 Å². The minimum atomic E-state index is -0.306. The SMILES string of the molecule is Cc1c(NC(=O)c2cccc(N(C)C)c2)c(=O)n(-c2ccccc2)n1C. The first-order valence-corrected chi connectivity index (χ1v) is 8.33. The third kappa shape index (κ3) is 3.13. The van der Waals surface area contributed by atoms with Crippen LogP contribution in [0.4, 0.5) is 11.4 Å². The van der Waals surface area contributed by atoms with Gasteiger partial charge in [0.05, 0.1) is 11.4 Å². The Morgan fingerprint density at radius 2 is 1.73 bits per heavy atom. The minimum absolute atomic E-state index is 0.256. The molecule has 1 amide bonds. The maximum absolute atomic E-state index is 12.9. The fourth-order valence-corrected chi connectivity index (χ4v) is 2.82. The first-order valence-electron chi connectivity index (χ1n) is 8.33. The Labute approximate surface area is 152 Å². The number of hydrogen-bond acceptors (Lipinski definition) is 3. The Balaban J connectivity index is 1.97. The lowest BCUT2D eigenvalue weighted by Crippen LogP contribution is -2.23. The van der Waals surface area contributed by atoms with E-state index in [4.69, 9.17) is 0 Å². The van der Waals surface area contributed by atoms with Gasteiger partial charge in [0.15, 0.2) is 0 Å². The number of nitrogens with one attached hydrogen (secondary N) is 1. The molecule has 0 fully saturated rings. The highest BCUT2D eigenvalue weighted by atomic mass is 16.2. The molecule has 0 bridgehead atoms. The molecule has 1 heterocycles. The molecular weight excluding hydrogens is 328 g/mol. The summed E-state index contributed by atoms with van der Waals surface area (Å²) < 4.78 is 3.28. The van der Waals surface area contributed by atoms with E-state index in [0.29, 0.717) is 11.3 Å². The molecule has 134 valence electrons. The van der Waals surface area contributed by atoms with Gasteiger partial charge in [0, 0.05) is 32.4 Å². The lowest BCUT2D eigenvalue weighted by atomic mass is 10.1. The minimum Gasteiger partial charge on any atom is -0.378 e. The standard InChI is InChI=1S/C20H22N4O2/c1-14-18(20(26)24(23(14)4)16-10-6-5-7-11-16)21-19(25)15-9-8-12-17(13-15)22(2)3/h5-13H,1-4H3,(H,21,25). The first-order chi connectivity index (χ1) is 12.4. The number of hydrogen-bond donors (Lipinski definition) is 1. The van der Waals surface area contributed by atoms with Crippen LogP contribution < -0.4 is 15.8 Å². The van der Waals surface area contributed by atoms with Gasteiger partial charge in [-0.05, 0) is 37.3 Å². The van der Waals surface area contributed by atoms with E-state index in [9.17, 15) is 9.59 Å². The van der Waals surface area contributed by atoms with E-state index in [1.54, 1.807) is 28.5 Å². The number of carbonyl (C=O) groups is 1. The summed E-state index contributed by atoms with van der Waals surface area (Å²) in [4.78, 5) is 27.5. The van der Waals surface area contributed by atoms with Crippen molar-refractivity contribution in [2.45, 2.75) is 6.92 Å². The van der Waals surface area contributed by atoms with Crippen molar-refractivity contribution in [3.05, 3.63) is 76.2 Å². The average molecular weight is 350 g/mol. The van der Waals surface area contributed by atoms with Gasteiger partial charge in [0.2, 0.25) is 0 Å². The van der Waals surface area contributed by atoms with Crippen molar-refractivity contribution in [1.29, 1.82) is 0 Å². The third-order valence-corrected chi connectivity index (χ3v) is 4.42. The molecule has 3 aromatic rings. The summed E-state index contributed by atoms with van der Waals surface area (Å²) in [5, 5.41) is 2.78. The van der Waals surface area contributed by atoms with Crippen LogP contribution in [0.25, 0.3) is 5.69 Å². The zero-order chi connectivity index (χ0) is 18.8. The molecule has 2 aromatic carbocycles. The van der Waals surface area contributed by atoms with Gasteiger partial charge in [-0.15, -0.1) is 0 Å². The summed E-state index contributed by atoms with van der Waals surface area (Å²) in [6, 6.07) is 16.6. The van der Waals surface area contributed by atoms with Crippen molar-refractivity contribution in [3.63, 3.8) is 0 Å². The molecular formula is C20H22N4O2. The number of anilines is 2. The molecule has 0 saturated carbocycles. The quantitative estimate of drug-likeness (QED) is 0.787. The predicted molar refractivity (Wildman–Crippen MR) is 104 cm³/mol. The van der Waals surface area contributed by atoms with Crippen molar-refractivity contribution >= 4 is 17.3 Å². The lowest BCUT2D eigenvalue weighted by Gasteiger charge is -2.13. The second-order valence-corrected chi connectivity index (χ2v) is 6.34. The Bertz CT molecular complexity index is 1000. The largest absolute Gasteiger partial charge is 0.378 e. The third-order valence-electron chi connectivity index (χ3n) is 4.42. The van der Waals surface area contributed by atoms with Crippen LogP contribution in [0.1, 0.15) is 16.1 Å². The summed E-state index contributed by atoms with van der Waals surface area (Å²) in [6.07, 6.45) is 0. The normalized spacial score (nSPS) is 10.6. The van der Waals surface area contributed by atoms with Crippen LogP contribution in [0.15, 0.2) is 59.4 Å². The number of para-hydroxylation sites is 1. The fourth-order valence-electron chi connectivity index (χ4n) is 2.82. The van der Waals surface area contributed by atoms with E-state index in [2.05, 4.69) is 5.32 Å². The molecule has 6 nitrogen and oxygen atoms in total. The van der Waals surface area contributed by atoms with E-state index in [1.165, 1.54) is 0 Å². The zero-order valence-corrected chi connectivity index (χ0v) is 15.4. The Morgan fingerprint density at radius 3 is 2.38 bits per heavy atom. The van der Waals surface area contributed by atoms with Gasteiger partial charge in [0.25, 0.3) is 11.5 Å². The zero-order valence-electron chi connectivity index (χ0n) is 15.4. The Morgan fingerprint density at radius 1 is 1.04 bits per heavy atom. The highest BCUT2D eigenvalue weighted by Gasteiger charge is 2.19. The van der Waals surface area contributed by atoms with Crippen LogP contribution in [-0.2, 0) is 7.05 Å². The number of carbonyl (C=O) groups excluding carboxylic acids is 1. The number of benzene rings is 2. The van der Waals surface area contributed by atoms with Crippen molar-refractivity contribution in [2.75, 3.05) is 24.3 Å². The van der Waals surface area contributed by atoms with Crippen LogP contribution in [0.2, 0.25) is 0 Å². The van der Waals surface area contributed by atoms with Gasteiger partial charge in [-0.2, -0.15) is 0 Å². The number of nitrogens with zero attached hydrogens (tertiary/aromatic N) is 3. The maximum atomic E-state index is 12.9. The molecule has 1 N–H and O–H groups in total. The van der Waals surface area contributed by atoms with Crippen LogP contribution in [0.5, 0.6) is 0 Å². The number of rotatable bonds is 4. The first kappa shape index (κ1) is 17.5. The predicted octanol–water partition coefficient (Wildman–Crippen LogP) is 2.80. The summed E-state index contributed by atoms with van der Waals surface area (Å²) in [7, 11) is 5.62. The molecule has 0 spiro atoms. The second-order valence-electron chi connectivity index (χ2n) is 6.34. The lowest BCUT2D eigenvalue weighted by molar-refractivity contribution is 0.102.